The van der Waals surface area contributed by atoms with E-state index in [1.165, 1.54) is 58.9 Å². The van der Waals surface area contributed by atoms with Crippen LogP contribution in [-0.2, 0) is 104 Å². The average molecular weight is 1700 g/mol. The number of unbranched alkanes of at least 4 members (excludes halogenated alkanes) is 1. The van der Waals surface area contributed by atoms with Crippen molar-refractivity contribution in [1.29, 1.82) is 0 Å². The molecule has 0 saturated carbocycles. The second-order valence-electron chi connectivity index (χ2n) is 29.0. The molecule has 2 rings (SSSR count). The highest BCUT2D eigenvalue weighted by Crippen LogP contribution is 2.16. The van der Waals surface area contributed by atoms with E-state index in [0.717, 1.165) is 6.92 Å². The van der Waals surface area contributed by atoms with Gasteiger partial charge in [0.05, 0.1) is 45.0 Å². The zero-order chi connectivity index (χ0) is 91.0. The van der Waals surface area contributed by atoms with E-state index in [1.54, 1.807) is 44.2 Å². The van der Waals surface area contributed by atoms with Gasteiger partial charge in [-0.2, -0.15) is 0 Å². The summed E-state index contributed by atoms with van der Waals surface area (Å²) in [5.74, 6) is -24.8. The van der Waals surface area contributed by atoms with E-state index >= 15 is 0 Å². The number of amides is 16. The van der Waals surface area contributed by atoms with Gasteiger partial charge in [-0.25, -0.2) is 4.79 Å². The van der Waals surface area contributed by atoms with Crippen molar-refractivity contribution < 1.29 is 137 Å². The van der Waals surface area contributed by atoms with Crippen LogP contribution in [0.25, 0.3) is 0 Å². The van der Waals surface area contributed by atoms with Crippen molar-refractivity contribution in [3.8, 4) is 5.75 Å². The number of carbonyl (C=O) groups excluding carboxylic acids is 16. The smallest absolute Gasteiger partial charge is 0.326 e. The maximum atomic E-state index is 14.5. The summed E-state index contributed by atoms with van der Waals surface area (Å²) in [6.45, 7) is 6.12. The number of nitrogens with two attached hydrogens (primary N) is 3. The number of aliphatic carboxylic acids is 3. The molecule has 0 fully saturated rings. The molecule has 16 amide bonds. The van der Waals surface area contributed by atoms with E-state index in [1.807, 2.05) is 5.32 Å². The Labute approximate surface area is 689 Å². The highest BCUT2D eigenvalue weighted by molar-refractivity contribution is 6.01. The first-order valence-electron chi connectivity index (χ1n) is 38.2. The zero-order valence-corrected chi connectivity index (χ0v) is 67.5. The Morgan fingerprint density at radius 1 is 0.383 bits per heavy atom. The lowest BCUT2D eigenvalue weighted by Crippen LogP contribution is -2.63. The van der Waals surface area contributed by atoms with Crippen LogP contribution in [0.2, 0.25) is 0 Å². The number of carboxylic acid groups (broad SMARTS) is 3. The molecule has 0 saturated heterocycles. The summed E-state index contributed by atoms with van der Waals surface area (Å²) in [5.41, 5.74) is 17.3. The van der Waals surface area contributed by atoms with Gasteiger partial charge in [-0.05, 0) is 108 Å². The molecule has 30 N–H and O–H groups in total. The van der Waals surface area contributed by atoms with Crippen LogP contribution < -0.4 is 97.0 Å². The Morgan fingerprint density at radius 2 is 0.783 bits per heavy atom. The van der Waals surface area contributed by atoms with E-state index in [-0.39, 0.29) is 37.1 Å². The van der Waals surface area contributed by atoms with Gasteiger partial charge in [0.25, 0.3) is 0 Å². The molecular weight excluding hydrogens is 1590 g/mol. The Balaban J connectivity index is 2.35. The molecule has 2 aromatic carbocycles. The number of carbonyl (C=O) groups is 19. The van der Waals surface area contributed by atoms with E-state index in [0.29, 0.717) is 18.4 Å². The number of primary amides is 1. The summed E-state index contributed by atoms with van der Waals surface area (Å²) in [6.07, 6.45) is -6.77. The van der Waals surface area contributed by atoms with Gasteiger partial charge in [0, 0.05) is 25.7 Å². The molecule has 0 heterocycles. The summed E-state index contributed by atoms with van der Waals surface area (Å²) in [7, 11) is 0. The molecule has 0 aliphatic rings. The predicted molar refractivity (Wildman–Crippen MR) is 418 cm³/mol. The summed E-state index contributed by atoms with van der Waals surface area (Å²) in [4.78, 5) is 253. The fourth-order valence-electron chi connectivity index (χ4n) is 11.1. The van der Waals surface area contributed by atoms with Crippen molar-refractivity contribution in [2.75, 3.05) is 32.9 Å². The molecule has 2 aromatic rings. The Morgan fingerprint density at radius 3 is 1.26 bits per heavy atom. The van der Waals surface area contributed by atoms with Crippen molar-refractivity contribution in [2.45, 2.75) is 229 Å². The van der Waals surface area contributed by atoms with Crippen molar-refractivity contribution in [1.82, 2.24) is 79.8 Å². The van der Waals surface area contributed by atoms with Crippen LogP contribution in [0, 0.1) is 11.8 Å². The molecule has 0 aliphatic heterocycles. The van der Waals surface area contributed by atoms with Crippen molar-refractivity contribution >= 4 is 112 Å². The number of aliphatic hydroxyl groups is 5. The van der Waals surface area contributed by atoms with Crippen LogP contribution in [0.1, 0.15) is 124 Å². The number of aliphatic hydroxyl groups excluding tert-OH is 5. The number of phenols is 1. The number of hydrogen-bond donors (Lipinski definition) is 27. The number of aromatic hydroxyl groups is 1. The number of carboxylic acids is 3. The third-order valence-corrected chi connectivity index (χ3v) is 18.0. The molecule has 0 aliphatic carbocycles. The normalized spacial score (nSPS) is 15.4. The summed E-state index contributed by atoms with van der Waals surface area (Å²) in [5, 5.41) is 125. The van der Waals surface area contributed by atoms with Crippen molar-refractivity contribution in [2.24, 2.45) is 29.0 Å². The predicted octanol–water partition coefficient (Wildman–Crippen LogP) is -10.3. The standard InChI is InChI=1S/C74H114N18O28/c1-34(2)26-46(64(109)82-43(22-24-55(101)102)62(107)78-30-54(100)81-44(21-23-53(76)99)63(108)80-36(5)60(105)79-37(6)61(106)83-45(74(119)120)16-12-13-25-75)84-65(110)47(28-41-17-19-42(98)20-18-41)85-68(113)50(31-93)88-70(115)52(33-95)89-72(117)58(35(3)4)91-67(112)49(29-56(103)104)86-69(114)51(32-94)90-73(118)59(39(8)97)92-66(111)48(27-40-14-10-9-11-15-40)87-71(116)57(77)38(7)96/h9-11,14-15,17-20,34-39,43-52,57-59,93-98H,12-13,16,21-33,75,77H2,1-8H3,(H2,76,99)(H,78,107)(H,79,105)(H,80,108)(H,81,100)(H,82,109)(H,83,106)(H,84,110)(H,85,113)(H,86,114)(H,87,116)(H,88,115)(H,89,117)(H,90,118)(H,91,112)(H,92,111)(H,101,102)(H,103,104)(H,119,120)/t36-,37-,38+,39+,43-,44-,45-,46-,47-,48-,49-,50-,51-,52-,57-,58-,59-/m0/s1. The molecule has 0 bridgehead atoms. The molecule has 17 atom stereocenters. The Hall–Kier alpha value is -12.1. The minimum absolute atomic E-state index is 0.0393. The van der Waals surface area contributed by atoms with Crippen LogP contribution in [-0.4, -0.2) is 294 Å². The van der Waals surface area contributed by atoms with Crippen molar-refractivity contribution in [3.63, 3.8) is 0 Å². The molecule has 0 unspecified atom stereocenters. The average Bonchev–Trinajstić information content (AvgIpc) is 0.855. The SMILES string of the molecule is CC(C)C[C@H](NC(=O)[C@H](Cc1ccc(O)cc1)NC(=O)[C@H](CO)NC(=O)[C@H](CO)NC(=O)[C@@H](NC(=O)[C@H](CC(=O)O)NC(=O)[C@H](CO)NC(=O)[C@@H](NC(=O)[C@H](Cc1ccccc1)NC(=O)[C@@H](N)[C@@H](C)O)[C@@H](C)O)C(C)C)C(=O)N[C@@H](CCC(=O)O)C(=O)NCC(=O)N[C@@H](CCC(N)=O)C(=O)N[C@@H](C)C(=O)N[C@@H](C)C(=O)N[C@@H](CCCCN)C(=O)O. The number of phenolic OH excluding ortho intramolecular Hbond substituents is 1. The maximum Gasteiger partial charge on any atom is 0.326 e. The monoisotopic (exact) mass is 1700 g/mol. The lowest BCUT2D eigenvalue weighted by Gasteiger charge is -2.29. The number of nitrogens with one attached hydrogen (secondary N) is 15. The van der Waals surface area contributed by atoms with E-state index in [9.17, 15) is 137 Å². The van der Waals surface area contributed by atoms with Crippen LogP contribution in [0.5, 0.6) is 5.75 Å². The van der Waals surface area contributed by atoms with E-state index in [4.69, 9.17) is 17.2 Å². The van der Waals surface area contributed by atoms with Crippen LogP contribution in [0.15, 0.2) is 54.6 Å². The fourth-order valence-corrected chi connectivity index (χ4v) is 11.1. The first kappa shape index (κ1) is 104. The summed E-state index contributed by atoms with van der Waals surface area (Å²) < 4.78 is 0. The van der Waals surface area contributed by atoms with Crippen LogP contribution in [0.3, 0.4) is 0 Å². The molecule has 0 spiro atoms. The summed E-state index contributed by atoms with van der Waals surface area (Å²) >= 11 is 0. The molecule has 0 aromatic heterocycles. The first-order valence-corrected chi connectivity index (χ1v) is 38.2. The van der Waals surface area contributed by atoms with Crippen LogP contribution >= 0.6 is 0 Å². The van der Waals surface area contributed by atoms with Gasteiger partial charge in [0.15, 0.2) is 0 Å². The Bertz CT molecular complexity index is 3860. The highest BCUT2D eigenvalue weighted by atomic mass is 16.4. The zero-order valence-electron chi connectivity index (χ0n) is 67.5. The topological polar surface area (TPSA) is 765 Å². The van der Waals surface area contributed by atoms with Gasteiger partial charge >= 0.3 is 17.9 Å². The molecule has 668 valence electrons. The number of rotatable bonds is 55. The first-order chi connectivity index (χ1) is 56.3. The molecule has 120 heavy (non-hydrogen) atoms. The second-order valence-corrected chi connectivity index (χ2v) is 29.0. The minimum Gasteiger partial charge on any atom is -0.508 e. The Kier molecular flexibility index (Phi) is 45.6. The lowest BCUT2D eigenvalue weighted by molar-refractivity contribution is -0.142. The molecular formula is C74H114N18O28. The van der Waals surface area contributed by atoms with Crippen molar-refractivity contribution in [3.05, 3.63) is 65.7 Å². The van der Waals surface area contributed by atoms with Gasteiger partial charge < -0.3 is 143 Å². The van der Waals surface area contributed by atoms with Crippen LogP contribution in [0.4, 0.5) is 0 Å². The number of benzene rings is 2. The molecule has 46 nitrogen and oxygen atoms in total. The van der Waals surface area contributed by atoms with E-state index < -0.39 is 292 Å². The van der Waals surface area contributed by atoms with Gasteiger partial charge in [-0.15, -0.1) is 0 Å². The fraction of sp³-hybridized carbons (Fsp3) is 0.581. The third kappa shape index (κ3) is 37.7. The lowest BCUT2D eigenvalue weighted by atomic mass is 10.00. The highest BCUT2D eigenvalue weighted by Gasteiger charge is 2.40. The second kappa shape index (κ2) is 52.6. The largest absolute Gasteiger partial charge is 0.508 e. The number of hydrogen-bond acceptors (Lipinski definition) is 27. The maximum absolute atomic E-state index is 14.5. The minimum atomic E-state index is -2.13. The molecule has 0 radical (unpaired) electrons. The van der Waals surface area contributed by atoms with E-state index in [2.05, 4.69) is 74.4 Å². The van der Waals surface area contributed by atoms with Gasteiger partial charge in [-0.3, -0.25) is 86.3 Å². The van der Waals surface area contributed by atoms with Gasteiger partial charge in [-0.1, -0.05) is 70.2 Å². The molecule has 46 heteroatoms. The quantitative estimate of drug-likeness (QED) is 0.0274. The van der Waals surface area contributed by atoms with Gasteiger partial charge in [0.1, 0.15) is 96.4 Å². The third-order valence-electron chi connectivity index (χ3n) is 18.0. The summed E-state index contributed by atoms with van der Waals surface area (Å²) in [6, 6.07) is -12.7. The van der Waals surface area contributed by atoms with Gasteiger partial charge in [0.2, 0.25) is 94.5 Å².